The third-order valence-corrected chi connectivity index (χ3v) is 5.15. The van der Waals surface area contributed by atoms with Crippen molar-refractivity contribution in [2.75, 3.05) is 6.54 Å². The number of ether oxygens (including phenoxy) is 2. The summed E-state index contributed by atoms with van der Waals surface area (Å²) in [6.45, 7) is 7.68. The summed E-state index contributed by atoms with van der Waals surface area (Å²) in [6.07, 6.45) is 1.93. The van der Waals surface area contributed by atoms with Gasteiger partial charge in [0.15, 0.2) is 0 Å². The van der Waals surface area contributed by atoms with Crippen molar-refractivity contribution >= 4 is 23.0 Å². The molecule has 0 fully saturated rings. The molecule has 2 aromatic carbocycles. The van der Waals surface area contributed by atoms with Crippen molar-refractivity contribution in [1.29, 1.82) is 0 Å². The molecule has 3 aromatic rings. The lowest BCUT2D eigenvalue weighted by atomic mass is 10.0. The summed E-state index contributed by atoms with van der Waals surface area (Å²) in [5, 5.41) is 3.48. The predicted molar refractivity (Wildman–Crippen MR) is 131 cm³/mol. The van der Waals surface area contributed by atoms with Crippen LogP contribution >= 0.6 is 0 Å². The molecule has 0 aliphatic heterocycles. The van der Waals surface area contributed by atoms with Crippen LogP contribution in [0, 0.1) is 6.92 Å². The Kier molecular flexibility index (Phi) is 8.10. The molecule has 0 saturated carbocycles. The molecule has 0 saturated heterocycles. The summed E-state index contributed by atoms with van der Waals surface area (Å²) in [5.74, 6) is 0.0153. The Hall–Kier alpha value is -3.61. The number of rotatable bonds is 8. The van der Waals surface area contributed by atoms with Crippen molar-refractivity contribution in [3.63, 3.8) is 0 Å². The summed E-state index contributed by atoms with van der Waals surface area (Å²) < 4.78 is 16.2. The van der Waals surface area contributed by atoms with Gasteiger partial charge in [0.1, 0.15) is 16.9 Å². The van der Waals surface area contributed by atoms with Crippen LogP contribution in [-0.2, 0) is 9.53 Å². The van der Waals surface area contributed by atoms with Gasteiger partial charge in [-0.15, -0.1) is 0 Å². The summed E-state index contributed by atoms with van der Waals surface area (Å²) in [5.41, 5.74) is 1.70. The van der Waals surface area contributed by atoms with Gasteiger partial charge in [0.25, 0.3) is 0 Å². The molecular weight excluding hydrogens is 434 g/mol. The SMILES string of the molecule is Cc1c(OC(=O)CCCCCNC(=O)OC(C)(C)C)ccc2c(-c3ccccc3)cc(=O)oc12. The molecule has 0 atom stereocenters. The minimum atomic E-state index is -0.527. The number of esters is 1. The zero-order valence-electron chi connectivity index (χ0n) is 20.1. The van der Waals surface area contributed by atoms with Gasteiger partial charge in [0, 0.05) is 30.0 Å². The van der Waals surface area contributed by atoms with Crippen LogP contribution in [0.3, 0.4) is 0 Å². The number of nitrogens with one attached hydrogen (secondary N) is 1. The van der Waals surface area contributed by atoms with E-state index in [4.69, 9.17) is 13.9 Å². The lowest BCUT2D eigenvalue weighted by Gasteiger charge is -2.19. The number of unbranched alkanes of at least 4 members (excludes halogenated alkanes) is 2. The minimum Gasteiger partial charge on any atom is -0.444 e. The number of hydrogen-bond acceptors (Lipinski definition) is 6. The third kappa shape index (κ3) is 6.94. The van der Waals surface area contributed by atoms with Crippen molar-refractivity contribution < 1.29 is 23.5 Å². The highest BCUT2D eigenvalue weighted by Crippen LogP contribution is 2.33. The van der Waals surface area contributed by atoms with Crippen LogP contribution in [0.25, 0.3) is 22.1 Å². The maximum Gasteiger partial charge on any atom is 0.407 e. The Bertz CT molecular complexity index is 1210. The molecule has 1 amide bonds. The van der Waals surface area contributed by atoms with Crippen molar-refractivity contribution in [3.05, 3.63) is 64.5 Å². The van der Waals surface area contributed by atoms with E-state index in [0.717, 1.165) is 29.4 Å². The van der Waals surface area contributed by atoms with Crippen LogP contribution in [0.15, 0.2) is 57.7 Å². The van der Waals surface area contributed by atoms with E-state index < -0.39 is 17.3 Å². The minimum absolute atomic E-state index is 0.248. The second-order valence-corrected chi connectivity index (χ2v) is 9.12. The molecule has 1 aromatic heterocycles. The number of carbonyl (C=O) groups is 2. The van der Waals surface area contributed by atoms with Crippen molar-refractivity contribution in [1.82, 2.24) is 5.32 Å². The first kappa shape index (κ1) is 25.0. The first-order valence-electron chi connectivity index (χ1n) is 11.4. The van der Waals surface area contributed by atoms with Crippen LogP contribution in [-0.4, -0.2) is 24.2 Å². The summed E-state index contributed by atoms with van der Waals surface area (Å²) in [4.78, 5) is 36.2. The monoisotopic (exact) mass is 465 g/mol. The zero-order valence-corrected chi connectivity index (χ0v) is 20.1. The highest BCUT2D eigenvalue weighted by atomic mass is 16.6. The van der Waals surface area contributed by atoms with Crippen LogP contribution in [0.4, 0.5) is 4.79 Å². The second-order valence-electron chi connectivity index (χ2n) is 9.12. The first-order chi connectivity index (χ1) is 16.1. The molecule has 1 heterocycles. The van der Waals surface area contributed by atoms with Gasteiger partial charge in [0.05, 0.1) is 0 Å². The molecule has 0 aliphatic rings. The Balaban J connectivity index is 1.56. The largest absolute Gasteiger partial charge is 0.444 e. The number of amides is 1. The average molecular weight is 466 g/mol. The quantitative estimate of drug-likeness (QED) is 0.197. The summed E-state index contributed by atoms with van der Waals surface area (Å²) in [6, 6.07) is 14.6. The molecule has 180 valence electrons. The van der Waals surface area contributed by atoms with Gasteiger partial charge in [-0.2, -0.15) is 0 Å². The van der Waals surface area contributed by atoms with Crippen molar-refractivity contribution in [3.8, 4) is 16.9 Å². The van der Waals surface area contributed by atoms with Gasteiger partial charge in [-0.3, -0.25) is 4.79 Å². The van der Waals surface area contributed by atoms with E-state index in [9.17, 15) is 14.4 Å². The molecular formula is C27H31NO6. The van der Waals surface area contributed by atoms with Crippen molar-refractivity contribution in [2.24, 2.45) is 0 Å². The number of hydrogen-bond donors (Lipinski definition) is 1. The van der Waals surface area contributed by atoms with Crippen LogP contribution < -0.4 is 15.7 Å². The van der Waals surface area contributed by atoms with Gasteiger partial charge in [-0.25, -0.2) is 9.59 Å². The van der Waals surface area contributed by atoms with Gasteiger partial charge in [-0.1, -0.05) is 36.8 Å². The van der Waals surface area contributed by atoms with E-state index >= 15 is 0 Å². The fraction of sp³-hybridized carbons (Fsp3) is 0.370. The topological polar surface area (TPSA) is 94.8 Å². The molecule has 0 bridgehead atoms. The van der Waals surface area contributed by atoms with E-state index in [1.165, 1.54) is 6.07 Å². The lowest BCUT2D eigenvalue weighted by Crippen LogP contribution is -2.33. The number of benzene rings is 2. The fourth-order valence-corrected chi connectivity index (χ4v) is 3.56. The second kappa shape index (κ2) is 11.0. The molecule has 3 rings (SSSR count). The molecule has 0 radical (unpaired) electrons. The highest BCUT2D eigenvalue weighted by molar-refractivity contribution is 5.95. The number of fused-ring (bicyclic) bond motifs is 1. The average Bonchev–Trinajstić information content (AvgIpc) is 2.77. The van der Waals surface area contributed by atoms with Crippen molar-refractivity contribution in [2.45, 2.75) is 59.0 Å². The van der Waals surface area contributed by atoms with Crippen LogP contribution in [0.5, 0.6) is 5.75 Å². The smallest absolute Gasteiger partial charge is 0.407 e. The lowest BCUT2D eigenvalue weighted by molar-refractivity contribution is -0.134. The molecule has 7 heteroatoms. The summed E-state index contributed by atoms with van der Waals surface area (Å²) in [7, 11) is 0. The number of carbonyl (C=O) groups excluding carboxylic acids is 2. The highest BCUT2D eigenvalue weighted by Gasteiger charge is 2.16. The Morgan fingerprint density at radius 3 is 2.44 bits per heavy atom. The van der Waals surface area contributed by atoms with E-state index in [1.807, 2.05) is 51.1 Å². The molecule has 7 nitrogen and oxygen atoms in total. The van der Waals surface area contributed by atoms with Crippen LogP contribution in [0.1, 0.15) is 52.0 Å². The first-order valence-corrected chi connectivity index (χ1v) is 11.4. The Morgan fingerprint density at radius 2 is 1.74 bits per heavy atom. The number of alkyl carbamates (subject to hydrolysis) is 1. The van der Waals surface area contributed by atoms with Gasteiger partial charge in [0.2, 0.25) is 0 Å². The van der Waals surface area contributed by atoms with Gasteiger partial charge >= 0.3 is 17.7 Å². The fourth-order valence-electron chi connectivity index (χ4n) is 3.56. The van der Waals surface area contributed by atoms with E-state index in [1.54, 1.807) is 19.1 Å². The Morgan fingerprint density at radius 1 is 1.00 bits per heavy atom. The Labute approximate surface area is 199 Å². The van der Waals surface area contributed by atoms with Gasteiger partial charge < -0.3 is 19.2 Å². The number of aryl methyl sites for hydroxylation is 1. The summed E-state index contributed by atoms with van der Waals surface area (Å²) >= 11 is 0. The molecule has 0 spiro atoms. The van der Waals surface area contributed by atoms with E-state index in [-0.39, 0.29) is 12.4 Å². The molecule has 0 unspecified atom stereocenters. The third-order valence-electron chi connectivity index (χ3n) is 5.15. The maximum atomic E-state index is 12.3. The predicted octanol–water partition coefficient (Wildman–Crippen LogP) is 5.76. The van der Waals surface area contributed by atoms with Crippen LogP contribution in [0.2, 0.25) is 0 Å². The van der Waals surface area contributed by atoms with Gasteiger partial charge in [-0.05, 0) is 63.8 Å². The molecule has 34 heavy (non-hydrogen) atoms. The standard InChI is InChI=1S/C27H31NO6/c1-18-22(32-23(29)13-9-6-10-16-28-26(31)34-27(2,3)4)15-14-20-21(17-24(30)33-25(18)20)19-11-7-5-8-12-19/h5,7-8,11-12,14-15,17H,6,9-10,13,16H2,1-4H3,(H,28,31). The van der Waals surface area contributed by atoms with E-state index in [2.05, 4.69) is 5.32 Å². The molecule has 1 N–H and O–H groups in total. The van der Waals surface area contributed by atoms with E-state index in [0.29, 0.717) is 29.9 Å². The maximum absolute atomic E-state index is 12.3. The normalized spacial score (nSPS) is 11.3. The zero-order chi connectivity index (χ0) is 24.7. The molecule has 0 aliphatic carbocycles.